The fourth-order valence-corrected chi connectivity index (χ4v) is 3.47. The number of nitrogens with one attached hydrogen (secondary N) is 1. The molecule has 2 unspecified atom stereocenters. The standard InChI is InChI=1S/C14H25N3O3S/c1-11-10-17(4)8-7-13(11)15-9-12-5-6-14(20-12)21(18,19)16(2)3/h5-6,11,13,15H,7-10H2,1-4H3. The minimum Gasteiger partial charge on any atom is -0.447 e. The lowest BCUT2D eigenvalue weighted by Gasteiger charge is -2.35. The first-order valence-corrected chi connectivity index (χ1v) is 8.68. The van der Waals surface area contributed by atoms with Gasteiger partial charge in [0.05, 0.1) is 6.54 Å². The van der Waals surface area contributed by atoms with Crippen molar-refractivity contribution >= 4 is 10.0 Å². The van der Waals surface area contributed by atoms with Crippen molar-refractivity contribution in [1.29, 1.82) is 0 Å². The molecule has 0 bridgehead atoms. The van der Waals surface area contributed by atoms with E-state index in [1.54, 1.807) is 6.07 Å². The maximum Gasteiger partial charge on any atom is 0.275 e. The topological polar surface area (TPSA) is 65.8 Å². The second kappa shape index (κ2) is 6.48. The van der Waals surface area contributed by atoms with Gasteiger partial charge in [0, 0.05) is 26.7 Å². The van der Waals surface area contributed by atoms with E-state index in [2.05, 4.69) is 24.2 Å². The quantitative estimate of drug-likeness (QED) is 0.877. The number of rotatable bonds is 5. The Morgan fingerprint density at radius 2 is 2.14 bits per heavy atom. The Morgan fingerprint density at radius 1 is 1.43 bits per heavy atom. The third kappa shape index (κ3) is 3.85. The molecule has 1 aliphatic rings. The molecular weight excluding hydrogens is 290 g/mol. The van der Waals surface area contributed by atoms with Crippen LogP contribution in [0.4, 0.5) is 0 Å². The van der Waals surface area contributed by atoms with Crippen LogP contribution in [0.2, 0.25) is 0 Å². The molecule has 1 saturated heterocycles. The third-order valence-corrected chi connectivity index (χ3v) is 5.71. The van der Waals surface area contributed by atoms with Crippen molar-refractivity contribution in [3.05, 3.63) is 17.9 Å². The fourth-order valence-electron chi connectivity index (χ4n) is 2.66. The number of likely N-dealkylation sites (tertiary alicyclic amines) is 1. The summed E-state index contributed by atoms with van der Waals surface area (Å²) < 4.78 is 30.5. The van der Waals surface area contributed by atoms with Gasteiger partial charge < -0.3 is 14.6 Å². The number of hydrogen-bond acceptors (Lipinski definition) is 5. The molecule has 1 aliphatic heterocycles. The highest BCUT2D eigenvalue weighted by atomic mass is 32.2. The Kier molecular flexibility index (Phi) is 5.08. The summed E-state index contributed by atoms with van der Waals surface area (Å²) in [7, 11) is 1.64. The minimum absolute atomic E-state index is 0.000672. The van der Waals surface area contributed by atoms with Gasteiger partial charge in [0.1, 0.15) is 5.76 Å². The summed E-state index contributed by atoms with van der Waals surface area (Å²) >= 11 is 0. The van der Waals surface area contributed by atoms with Crippen LogP contribution in [0.25, 0.3) is 0 Å². The lowest BCUT2D eigenvalue weighted by Crippen LogP contribution is -2.46. The first-order chi connectivity index (χ1) is 9.80. The van der Waals surface area contributed by atoms with Crippen LogP contribution in [0.3, 0.4) is 0 Å². The fraction of sp³-hybridized carbons (Fsp3) is 0.714. The molecular formula is C14H25N3O3S. The predicted octanol–water partition coefficient (Wildman–Crippen LogP) is 0.960. The maximum atomic E-state index is 11.9. The summed E-state index contributed by atoms with van der Waals surface area (Å²) in [6.45, 7) is 4.95. The zero-order valence-corrected chi connectivity index (χ0v) is 14.0. The first-order valence-electron chi connectivity index (χ1n) is 7.24. The average Bonchev–Trinajstić information content (AvgIpc) is 2.87. The van der Waals surface area contributed by atoms with Crippen LogP contribution in [0, 0.1) is 5.92 Å². The van der Waals surface area contributed by atoms with Crippen LogP contribution in [-0.2, 0) is 16.6 Å². The van der Waals surface area contributed by atoms with Gasteiger partial charge in [0.25, 0.3) is 10.0 Å². The molecule has 2 heterocycles. The smallest absolute Gasteiger partial charge is 0.275 e. The van der Waals surface area contributed by atoms with Crippen LogP contribution >= 0.6 is 0 Å². The Morgan fingerprint density at radius 3 is 2.76 bits per heavy atom. The largest absolute Gasteiger partial charge is 0.447 e. The Balaban J connectivity index is 1.95. The lowest BCUT2D eigenvalue weighted by molar-refractivity contribution is 0.172. The molecule has 2 atom stereocenters. The van der Waals surface area contributed by atoms with Crippen molar-refractivity contribution in [2.24, 2.45) is 5.92 Å². The second-order valence-corrected chi connectivity index (χ2v) is 8.11. The molecule has 1 aromatic heterocycles. The van der Waals surface area contributed by atoms with E-state index in [0.29, 0.717) is 24.3 Å². The van der Waals surface area contributed by atoms with E-state index in [9.17, 15) is 8.42 Å². The molecule has 0 spiro atoms. The van der Waals surface area contributed by atoms with Gasteiger partial charge in [-0.1, -0.05) is 6.92 Å². The Bertz CT molecular complexity index is 568. The van der Waals surface area contributed by atoms with E-state index < -0.39 is 10.0 Å². The number of piperidine rings is 1. The van der Waals surface area contributed by atoms with E-state index >= 15 is 0 Å². The minimum atomic E-state index is -3.49. The highest BCUT2D eigenvalue weighted by molar-refractivity contribution is 7.88. The Hall–Kier alpha value is -0.890. The molecule has 120 valence electrons. The molecule has 0 amide bonds. The summed E-state index contributed by atoms with van der Waals surface area (Å²) in [5, 5.41) is 3.47. The van der Waals surface area contributed by atoms with Gasteiger partial charge in [-0.25, -0.2) is 12.7 Å². The summed E-state index contributed by atoms with van der Waals surface area (Å²) in [4.78, 5) is 2.33. The molecule has 1 aromatic rings. The molecule has 21 heavy (non-hydrogen) atoms. The van der Waals surface area contributed by atoms with Gasteiger partial charge in [-0.15, -0.1) is 0 Å². The van der Waals surface area contributed by atoms with E-state index in [1.165, 1.54) is 20.2 Å². The highest BCUT2D eigenvalue weighted by Gasteiger charge is 2.25. The lowest BCUT2D eigenvalue weighted by atomic mass is 9.94. The number of nitrogens with zero attached hydrogens (tertiary/aromatic N) is 2. The highest BCUT2D eigenvalue weighted by Crippen LogP contribution is 2.19. The van der Waals surface area contributed by atoms with Crippen LogP contribution in [0.1, 0.15) is 19.1 Å². The number of hydrogen-bond donors (Lipinski definition) is 1. The van der Waals surface area contributed by atoms with Crippen molar-refractivity contribution in [1.82, 2.24) is 14.5 Å². The van der Waals surface area contributed by atoms with Crippen LogP contribution in [0.5, 0.6) is 0 Å². The first kappa shape index (κ1) is 16.5. The van der Waals surface area contributed by atoms with Gasteiger partial charge in [0.2, 0.25) is 5.09 Å². The summed E-state index contributed by atoms with van der Waals surface area (Å²) in [5.74, 6) is 1.23. The predicted molar refractivity (Wildman–Crippen MR) is 81.5 cm³/mol. The molecule has 0 saturated carbocycles. The molecule has 0 aromatic carbocycles. The number of furan rings is 1. The SMILES string of the molecule is CC1CN(C)CCC1NCc1ccc(S(=O)(=O)N(C)C)o1. The van der Waals surface area contributed by atoms with Gasteiger partial charge in [-0.3, -0.25) is 0 Å². The molecule has 0 aliphatic carbocycles. The summed E-state index contributed by atoms with van der Waals surface area (Å²) in [6, 6.07) is 3.69. The van der Waals surface area contributed by atoms with E-state index in [4.69, 9.17) is 4.42 Å². The molecule has 1 fully saturated rings. The van der Waals surface area contributed by atoms with Gasteiger partial charge in [-0.05, 0) is 38.1 Å². The zero-order valence-electron chi connectivity index (χ0n) is 13.2. The van der Waals surface area contributed by atoms with Gasteiger partial charge in [-0.2, -0.15) is 0 Å². The van der Waals surface area contributed by atoms with Crippen molar-refractivity contribution in [2.45, 2.75) is 31.0 Å². The molecule has 1 N–H and O–H groups in total. The molecule has 7 heteroatoms. The van der Waals surface area contributed by atoms with Gasteiger partial charge >= 0.3 is 0 Å². The molecule has 0 radical (unpaired) electrons. The summed E-state index contributed by atoms with van der Waals surface area (Å²) in [6.07, 6.45) is 1.10. The van der Waals surface area contributed by atoms with Gasteiger partial charge in [0.15, 0.2) is 0 Å². The maximum absolute atomic E-state index is 11.9. The van der Waals surface area contributed by atoms with E-state index in [0.717, 1.165) is 23.8 Å². The average molecular weight is 315 g/mol. The van der Waals surface area contributed by atoms with Crippen molar-refractivity contribution < 1.29 is 12.8 Å². The van der Waals surface area contributed by atoms with Crippen molar-refractivity contribution in [3.63, 3.8) is 0 Å². The molecule has 2 rings (SSSR count). The van der Waals surface area contributed by atoms with Crippen LogP contribution in [-0.4, -0.2) is 57.9 Å². The Labute approximate surface area is 127 Å². The van der Waals surface area contributed by atoms with E-state index in [-0.39, 0.29) is 5.09 Å². The third-order valence-electron chi connectivity index (χ3n) is 4.02. The van der Waals surface area contributed by atoms with E-state index in [1.807, 2.05) is 0 Å². The zero-order chi connectivity index (χ0) is 15.6. The monoisotopic (exact) mass is 315 g/mol. The van der Waals surface area contributed by atoms with Crippen molar-refractivity contribution in [3.8, 4) is 0 Å². The number of sulfonamides is 1. The molecule has 6 nitrogen and oxygen atoms in total. The normalized spacial score (nSPS) is 24.6. The summed E-state index contributed by atoms with van der Waals surface area (Å²) in [5.41, 5.74) is 0. The van der Waals surface area contributed by atoms with Crippen molar-refractivity contribution in [2.75, 3.05) is 34.2 Å². The second-order valence-electron chi connectivity index (χ2n) is 6.02. The van der Waals surface area contributed by atoms with Crippen LogP contribution in [0.15, 0.2) is 21.6 Å². The van der Waals surface area contributed by atoms with Crippen LogP contribution < -0.4 is 5.32 Å².